The first-order valence-corrected chi connectivity index (χ1v) is 6.09. The molecule has 0 spiro atoms. The summed E-state index contributed by atoms with van der Waals surface area (Å²) in [5, 5.41) is 19.3. The zero-order valence-corrected chi connectivity index (χ0v) is 11.5. The second-order valence-corrected chi connectivity index (χ2v) is 4.83. The predicted octanol–water partition coefficient (Wildman–Crippen LogP) is 1.62. The summed E-state index contributed by atoms with van der Waals surface area (Å²) in [6, 6.07) is 3.49. The van der Waals surface area contributed by atoms with Gasteiger partial charge in [0.1, 0.15) is 11.9 Å². The lowest BCUT2D eigenvalue weighted by molar-refractivity contribution is -0.275. The van der Waals surface area contributed by atoms with Crippen molar-refractivity contribution in [2.24, 2.45) is 5.73 Å². The van der Waals surface area contributed by atoms with E-state index < -0.39 is 36.6 Å². The van der Waals surface area contributed by atoms with Gasteiger partial charge in [-0.3, -0.25) is 4.79 Å². The summed E-state index contributed by atoms with van der Waals surface area (Å²) < 4.78 is 40.9. The minimum Gasteiger partial charge on any atom is -0.405 e. The third-order valence-electron chi connectivity index (χ3n) is 2.29. The van der Waals surface area contributed by atoms with Crippen LogP contribution in [0.2, 0.25) is 0 Å². The fourth-order valence-corrected chi connectivity index (χ4v) is 1.83. The molecule has 0 aliphatic carbocycles. The molecule has 2 unspecified atom stereocenters. The quantitative estimate of drug-likeness (QED) is 0.746. The normalized spacial score (nSPS) is 14.7. The molecule has 20 heavy (non-hydrogen) atoms. The van der Waals surface area contributed by atoms with E-state index in [4.69, 9.17) is 5.73 Å². The standard InChI is InChI=1S/C11H11BrF3NO4/c12-5-1-2-6(8(3-5)20-11(13,14)15)10(19)7(17)4-9(16)18/h1-3,7,10,17,19H,4H2,(H2,16,18). The molecule has 5 nitrogen and oxygen atoms in total. The van der Waals surface area contributed by atoms with Crippen molar-refractivity contribution in [2.75, 3.05) is 0 Å². The summed E-state index contributed by atoms with van der Waals surface area (Å²) in [4.78, 5) is 10.6. The number of ether oxygens (including phenoxy) is 1. The van der Waals surface area contributed by atoms with Gasteiger partial charge in [-0.15, -0.1) is 13.2 Å². The molecular weight excluding hydrogens is 347 g/mol. The van der Waals surface area contributed by atoms with Crippen LogP contribution in [-0.4, -0.2) is 28.6 Å². The van der Waals surface area contributed by atoms with E-state index in [1.807, 2.05) is 0 Å². The summed E-state index contributed by atoms with van der Waals surface area (Å²) in [5.74, 6) is -1.57. The Labute approximate surface area is 120 Å². The van der Waals surface area contributed by atoms with E-state index in [1.165, 1.54) is 6.07 Å². The lowest BCUT2D eigenvalue weighted by Gasteiger charge is -2.20. The Hall–Kier alpha value is -1.32. The molecule has 1 rings (SSSR count). The highest BCUT2D eigenvalue weighted by Gasteiger charge is 2.34. The van der Waals surface area contributed by atoms with E-state index in [2.05, 4.69) is 20.7 Å². The minimum atomic E-state index is -4.95. The third kappa shape index (κ3) is 4.99. The molecule has 0 saturated heterocycles. The fourth-order valence-electron chi connectivity index (χ4n) is 1.49. The van der Waals surface area contributed by atoms with Gasteiger partial charge in [0.25, 0.3) is 0 Å². The van der Waals surface area contributed by atoms with E-state index in [-0.39, 0.29) is 10.0 Å². The molecule has 4 N–H and O–H groups in total. The number of hydrogen-bond acceptors (Lipinski definition) is 4. The summed E-state index contributed by atoms with van der Waals surface area (Å²) in [5.41, 5.74) is 4.54. The fraction of sp³-hybridized carbons (Fsp3) is 0.364. The monoisotopic (exact) mass is 357 g/mol. The topological polar surface area (TPSA) is 92.8 Å². The molecule has 1 aromatic carbocycles. The molecule has 0 aromatic heterocycles. The first kappa shape index (κ1) is 16.7. The highest BCUT2D eigenvalue weighted by molar-refractivity contribution is 9.10. The van der Waals surface area contributed by atoms with Crippen molar-refractivity contribution in [1.29, 1.82) is 0 Å². The zero-order valence-electron chi connectivity index (χ0n) is 9.89. The van der Waals surface area contributed by atoms with Crippen LogP contribution in [-0.2, 0) is 4.79 Å². The largest absolute Gasteiger partial charge is 0.573 e. The summed E-state index contributed by atoms with van der Waals surface area (Å²) in [6.45, 7) is 0. The lowest BCUT2D eigenvalue weighted by Crippen LogP contribution is -2.27. The maximum Gasteiger partial charge on any atom is 0.573 e. The van der Waals surface area contributed by atoms with Gasteiger partial charge >= 0.3 is 6.36 Å². The Morgan fingerprint density at radius 3 is 2.50 bits per heavy atom. The number of nitrogens with two attached hydrogens (primary N) is 1. The molecule has 2 atom stereocenters. The van der Waals surface area contributed by atoms with Crippen molar-refractivity contribution >= 4 is 21.8 Å². The Kier molecular flexibility index (Phi) is 5.37. The van der Waals surface area contributed by atoms with Crippen molar-refractivity contribution in [2.45, 2.75) is 25.0 Å². The number of primary amides is 1. The van der Waals surface area contributed by atoms with Crippen LogP contribution < -0.4 is 10.5 Å². The highest BCUT2D eigenvalue weighted by atomic mass is 79.9. The van der Waals surface area contributed by atoms with Crippen LogP contribution in [0.1, 0.15) is 18.1 Å². The van der Waals surface area contributed by atoms with Gasteiger partial charge in [-0.2, -0.15) is 0 Å². The molecule has 112 valence electrons. The summed E-state index contributed by atoms with van der Waals surface area (Å²) in [6.07, 6.45) is -8.93. The summed E-state index contributed by atoms with van der Waals surface area (Å²) in [7, 11) is 0. The third-order valence-corrected chi connectivity index (χ3v) is 2.79. The van der Waals surface area contributed by atoms with E-state index in [1.54, 1.807) is 0 Å². The van der Waals surface area contributed by atoms with Crippen LogP contribution in [0, 0.1) is 0 Å². The van der Waals surface area contributed by atoms with Crippen molar-refractivity contribution in [3.63, 3.8) is 0 Å². The van der Waals surface area contributed by atoms with Crippen molar-refractivity contribution < 1.29 is 32.9 Å². The SMILES string of the molecule is NC(=O)CC(O)C(O)c1ccc(Br)cc1OC(F)(F)F. The van der Waals surface area contributed by atoms with Crippen LogP contribution in [0.15, 0.2) is 22.7 Å². The van der Waals surface area contributed by atoms with E-state index in [9.17, 15) is 28.2 Å². The lowest BCUT2D eigenvalue weighted by atomic mass is 10.0. The van der Waals surface area contributed by atoms with E-state index in [0.29, 0.717) is 0 Å². The van der Waals surface area contributed by atoms with Crippen LogP contribution in [0.4, 0.5) is 13.2 Å². The molecule has 0 saturated carbocycles. The van der Waals surface area contributed by atoms with Crippen molar-refractivity contribution in [3.05, 3.63) is 28.2 Å². The van der Waals surface area contributed by atoms with Crippen molar-refractivity contribution in [1.82, 2.24) is 0 Å². The number of hydrogen-bond donors (Lipinski definition) is 3. The second-order valence-electron chi connectivity index (χ2n) is 3.91. The smallest absolute Gasteiger partial charge is 0.405 e. The number of amides is 1. The van der Waals surface area contributed by atoms with Crippen LogP contribution in [0.3, 0.4) is 0 Å². The van der Waals surface area contributed by atoms with Gasteiger partial charge in [-0.25, -0.2) is 0 Å². The molecule has 0 aliphatic heterocycles. The first-order valence-electron chi connectivity index (χ1n) is 5.30. The Morgan fingerprint density at radius 2 is 2.00 bits per heavy atom. The number of alkyl halides is 3. The van der Waals surface area contributed by atoms with Gasteiger partial charge < -0.3 is 20.7 Å². The Bertz CT molecular complexity index is 495. The number of halogens is 4. The molecule has 0 bridgehead atoms. The molecule has 1 aromatic rings. The minimum absolute atomic E-state index is 0.289. The number of carbonyl (C=O) groups excluding carboxylic acids is 1. The molecule has 0 heterocycles. The second kappa shape index (κ2) is 6.42. The number of benzene rings is 1. The number of aliphatic hydroxyl groups excluding tert-OH is 2. The zero-order chi connectivity index (χ0) is 15.5. The van der Waals surface area contributed by atoms with Gasteiger partial charge in [0.05, 0.1) is 12.5 Å². The predicted molar refractivity (Wildman–Crippen MR) is 65.6 cm³/mol. The van der Waals surface area contributed by atoms with Gasteiger partial charge in [-0.1, -0.05) is 22.0 Å². The van der Waals surface area contributed by atoms with Crippen LogP contribution in [0.5, 0.6) is 5.75 Å². The maximum absolute atomic E-state index is 12.3. The molecule has 0 aliphatic rings. The molecule has 1 amide bonds. The van der Waals surface area contributed by atoms with Gasteiger partial charge in [0.2, 0.25) is 5.91 Å². The van der Waals surface area contributed by atoms with Gasteiger partial charge in [0, 0.05) is 10.0 Å². The Balaban J connectivity index is 3.07. The Morgan fingerprint density at radius 1 is 1.40 bits per heavy atom. The average Bonchev–Trinajstić information content (AvgIpc) is 2.25. The number of aliphatic hydroxyl groups is 2. The highest BCUT2D eigenvalue weighted by Crippen LogP contribution is 2.34. The van der Waals surface area contributed by atoms with E-state index >= 15 is 0 Å². The number of rotatable bonds is 5. The van der Waals surface area contributed by atoms with Crippen LogP contribution >= 0.6 is 15.9 Å². The average molecular weight is 358 g/mol. The van der Waals surface area contributed by atoms with E-state index in [0.717, 1.165) is 12.1 Å². The molecular formula is C11H11BrF3NO4. The van der Waals surface area contributed by atoms with Gasteiger partial charge in [0.15, 0.2) is 0 Å². The molecule has 9 heteroatoms. The number of carbonyl (C=O) groups is 1. The van der Waals surface area contributed by atoms with Crippen molar-refractivity contribution in [3.8, 4) is 5.75 Å². The first-order chi connectivity index (χ1) is 9.10. The molecule has 0 fully saturated rings. The van der Waals surface area contributed by atoms with Gasteiger partial charge in [-0.05, 0) is 12.1 Å². The summed E-state index contributed by atoms with van der Waals surface area (Å²) >= 11 is 2.96. The maximum atomic E-state index is 12.3. The molecule has 0 radical (unpaired) electrons. The van der Waals surface area contributed by atoms with Crippen LogP contribution in [0.25, 0.3) is 0 Å².